The third-order valence-corrected chi connectivity index (χ3v) is 17.7. The van der Waals surface area contributed by atoms with Gasteiger partial charge in [-0.1, -0.05) is 0 Å². The molecule has 0 fully saturated rings. The molecule has 0 heterocycles. The molecule has 0 radical (unpaired) electrons. The molecule has 4 aromatic carbocycles. The van der Waals surface area contributed by atoms with Gasteiger partial charge in [0.25, 0.3) is 0 Å². The zero-order chi connectivity index (χ0) is 23.4. The molecule has 0 aromatic heterocycles. The Morgan fingerprint density at radius 1 is 0.455 bits per heavy atom. The van der Waals surface area contributed by atoms with E-state index in [0.717, 1.165) is 20.7 Å². The molecule has 33 heavy (non-hydrogen) atoms. The first-order valence-electron chi connectivity index (χ1n) is 10.7. The van der Waals surface area contributed by atoms with E-state index in [1.807, 2.05) is 134 Å². The molecule has 0 saturated carbocycles. The first-order valence-corrected chi connectivity index (χ1v) is 17.6. The summed E-state index contributed by atoms with van der Waals surface area (Å²) in [5.41, 5.74) is 0. The van der Waals surface area contributed by atoms with Crippen LogP contribution in [0, 0.1) is 0 Å². The van der Waals surface area contributed by atoms with Crippen LogP contribution in [-0.2, 0) is 28.2 Å². The second-order valence-electron chi connectivity index (χ2n) is 8.11. The predicted molar refractivity (Wildman–Crippen MR) is 131 cm³/mol. The van der Waals surface area contributed by atoms with Crippen molar-refractivity contribution in [1.82, 2.24) is 0 Å². The molecule has 0 aliphatic rings. The minimum absolute atomic E-state index is 0.871. The van der Waals surface area contributed by atoms with Gasteiger partial charge in [0, 0.05) is 0 Å². The van der Waals surface area contributed by atoms with E-state index < -0.39 is 30.2 Å². The van der Waals surface area contributed by atoms with Gasteiger partial charge >= 0.3 is 200 Å². The monoisotopic (exact) mass is 510 g/mol. The van der Waals surface area contributed by atoms with Crippen molar-refractivity contribution in [3.05, 3.63) is 121 Å². The Labute approximate surface area is 199 Å². The van der Waals surface area contributed by atoms with E-state index in [4.69, 9.17) is 6.96 Å². The van der Waals surface area contributed by atoms with Gasteiger partial charge < -0.3 is 0 Å². The van der Waals surface area contributed by atoms with Crippen LogP contribution in [0.4, 0.5) is 0 Å². The summed E-state index contributed by atoms with van der Waals surface area (Å²) in [5, 5.41) is 3.48. The van der Waals surface area contributed by atoms with Crippen molar-refractivity contribution in [3.63, 3.8) is 0 Å². The van der Waals surface area contributed by atoms with Gasteiger partial charge in [-0.25, -0.2) is 0 Å². The molecule has 4 nitrogen and oxygen atoms in total. The minimum atomic E-state index is -5.31. The summed E-state index contributed by atoms with van der Waals surface area (Å²) in [7, 11) is -6.19. The topological polar surface area (TPSA) is 52.6 Å². The average Bonchev–Trinajstić information content (AvgIpc) is 2.85. The Bertz CT molecular complexity index is 1110. The van der Waals surface area contributed by atoms with Crippen molar-refractivity contribution in [2.45, 2.75) is 13.1 Å². The van der Waals surface area contributed by atoms with Gasteiger partial charge in [0.05, 0.1) is 0 Å². The number of rotatable bonds is 8. The molecule has 0 saturated heterocycles. The average molecular weight is 511 g/mol. The van der Waals surface area contributed by atoms with Gasteiger partial charge in [-0.15, -0.1) is 0 Å². The molecule has 0 aliphatic carbocycles. The summed E-state index contributed by atoms with van der Waals surface area (Å²) in [6, 6.07) is 38.3. The first-order chi connectivity index (χ1) is 15.8. The number of hydrogen-bond donors (Lipinski definition) is 0. The quantitative estimate of drug-likeness (QED) is 0.341. The Morgan fingerprint density at radius 2 is 0.667 bits per heavy atom. The van der Waals surface area contributed by atoms with E-state index in [9.17, 15) is 7.61 Å². The van der Waals surface area contributed by atoms with Crippen molar-refractivity contribution in [1.29, 1.82) is 0 Å². The van der Waals surface area contributed by atoms with E-state index in [1.54, 1.807) is 0 Å². The number of benzene rings is 4. The van der Waals surface area contributed by atoms with Gasteiger partial charge in [-0.3, -0.25) is 0 Å². The summed E-state index contributed by atoms with van der Waals surface area (Å²) in [6.45, 7) is 3.82. The first kappa shape index (κ1) is 23.5. The third kappa shape index (κ3) is 5.15. The molecule has 0 N–H and O–H groups in total. The summed E-state index contributed by atoms with van der Waals surface area (Å²) < 4.78 is 39.6. The SMILES string of the molecule is C[Si]([O][Cr](=[O])(=[O])[O][Si](C)(c1ccccc1)c1ccccc1)(c1ccccc1)c1ccccc1. The van der Waals surface area contributed by atoms with Crippen LogP contribution in [-0.4, -0.2) is 16.6 Å². The molecule has 4 aromatic rings. The van der Waals surface area contributed by atoms with E-state index >= 15 is 0 Å². The van der Waals surface area contributed by atoms with Gasteiger partial charge in [0.2, 0.25) is 0 Å². The van der Waals surface area contributed by atoms with Crippen LogP contribution in [0.3, 0.4) is 0 Å². The molecule has 0 aliphatic heterocycles. The van der Waals surface area contributed by atoms with Crippen LogP contribution < -0.4 is 20.7 Å². The standard InChI is InChI=1S/2C13H13OSi.Cr.2O/c2*1-15(14,12-8-4-2-5-9-12)13-10-6-3-7-11-13;;;/h2*2-11H,1H3;;;/q2*-1;+2;;. The molecule has 0 bridgehead atoms. The Morgan fingerprint density at radius 3 is 0.879 bits per heavy atom. The van der Waals surface area contributed by atoms with E-state index in [2.05, 4.69) is 0 Å². The van der Waals surface area contributed by atoms with Gasteiger partial charge in [0.15, 0.2) is 0 Å². The summed E-state index contributed by atoms with van der Waals surface area (Å²) >= 11 is -5.31. The Balaban J connectivity index is 1.77. The molecule has 4 rings (SSSR count). The van der Waals surface area contributed by atoms with Crippen molar-refractivity contribution in [3.8, 4) is 0 Å². The maximum absolute atomic E-state index is 13.7. The van der Waals surface area contributed by atoms with Crippen molar-refractivity contribution < 1.29 is 28.2 Å². The second kappa shape index (κ2) is 9.70. The van der Waals surface area contributed by atoms with E-state index in [1.165, 1.54) is 0 Å². The van der Waals surface area contributed by atoms with Crippen LogP contribution in [0.2, 0.25) is 13.1 Å². The summed E-state index contributed by atoms with van der Waals surface area (Å²) in [4.78, 5) is 0. The van der Waals surface area contributed by atoms with Crippen molar-refractivity contribution >= 4 is 37.4 Å². The normalized spacial score (nSPS) is 12.4. The predicted octanol–water partition coefficient (Wildman–Crippen LogP) is 3.47. The molecular formula is C26H26CrO4Si2. The van der Waals surface area contributed by atoms with Crippen LogP contribution >= 0.6 is 0 Å². The molecular weight excluding hydrogens is 484 g/mol. The van der Waals surface area contributed by atoms with Gasteiger partial charge in [0.1, 0.15) is 0 Å². The van der Waals surface area contributed by atoms with Gasteiger partial charge in [-0.2, -0.15) is 0 Å². The maximum atomic E-state index is 13.7. The van der Waals surface area contributed by atoms with Crippen molar-refractivity contribution in [2.75, 3.05) is 0 Å². The zero-order valence-electron chi connectivity index (χ0n) is 18.6. The van der Waals surface area contributed by atoms with E-state index in [0.29, 0.717) is 0 Å². The second-order valence-corrected chi connectivity index (χ2v) is 17.7. The molecule has 0 unspecified atom stereocenters. The van der Waals surface area contributed by atoms with Crippen LogP contribution in [0.5, 0.6) is 0 Å². The zero-order valence-corrected chi connectivity index (χ0v) is 21.9. The third-order valence-electron chi connectivity index (χ3n) is 5.84. The summed E-state index contributed by atoms with van der Waals surface area (Å²) in [6.07, 6.45) is 0. The van der Waals surface area contributed by atoms with Gasteiger partial charge in [-0.05, 0) is 0 Å². The van der Waals surface area contributed by atoms with Crippen LogP contribution in [0.25, 0.3) is 0 Å². The molecule has 168 valence electrons. The fourth-order valence-electron chi connectivity index (χ4n) is 3.98. The van der Waals surface area contributed by atoms with Crippen LogP contribution in [0.15, 0.2) is 121 Å². The Hall–Kier alpha value is -2.63. The fraction of sp³-hybridized carbons (Fsp3) is 0.0769. The molecule has 0 amide bonds. The Kier molecular flexibility index (Phi) is 6.91. The molecule has 0 spiro atoms. The van der Waals surface area contributed by atoms with Crippen LogP contribution in [0.1, 0.15) is 0 Å². The van der Waals surface area contributed by atoms with E-state index in [-0.39, 0.29) is 0 Å². The number of hydrogen-bond acceptors (Lipinski definition) is 4. The summed E-state index contributed by atoms with van der Waals surface area (Å²) in [5.74, 6) is 0. The molecule has 7 heteroatoms. The molecule has 0 atom stereocenters. The fourth-order valence-corrected chi connectivity index (χ4v) is 15.4. The van der Waals surface area contributed by atoms with Crippen molar-refractivity contribution in [2.24, 2.45) is 0 Å².